The molecule has 2 atom stereocenters. The number of rotatable bonds is 7. The number of amides is 2. The minimum atomic E-state index is -0.545. The third-order valence-electron chi connectivity index (χ3n) is 9.63. The Morgan fingerprint density at radius 3 is 2.60 bits per heavy atom. The predicted octanol–water partition coefficient (Wildman–Crippen LogP) is 7.73. The van der Waals surface area contributed by atoms with E-state index in [9.17, 15) is 9.59 Å². The van der Waals surface area contributed by atoms with Gasteiger partial charge in [0.15, 0.2) is 0 Å². The van der Waals surface area contributed by atoms with Crippen LogP contribution < -0.4 is 15.4 Å². The van der Waals surface area contributed by atoms with Crippen LogP contribution in [0.1, 0.15) is 64.9 Å². The Kier molecular flexibility index (Phi) is 7.98. The molecule has 0 radical (unpaired) electrons. The van der Waals surface area contributed by atoms with E-state index in [1.807, 2.05) is 76.2 Å². The summed E-state index contributed by atoms with van der Waals surface area (Å²) in [6, 6.07) is 15.6. The number of carbonyl (C=O) groups is 2. The van der Waals surface area contributed by atoms with E-state index in [4.69, 9.17) is 14.5 Å². The van der Waals surface area contributed by atoms with Crippen molar-refractivity contribution < 1.29 is 19.1 Å². The van der Waals surface area contributed by atoms with Gasteiger partial charge in [-0.1, -0.05) is 30.7 Å². The molecule has 3 heterocycles. The van der Waals surface area contributed by atoms with Crippen molar-refractivity contribution in [3.05, 3.63) is 66.5 Å². The number of aryl methyl sites for hydroxylation is 1. The molecule has 0 unspecified atom stereocenters. The molecule has 1 saturated heterocycles. The molecule has 0 bridgehead atoms. The highest BCUT2D eigenvalue weighted by Crippen LogP contribution is 2.65. The van der Waals surface area contributed by atoms with Crippen LogP contribution in [-0.4, -0.2) is 56.6 Å². The SMILES string of the molecule is Cc1ccc2c(NC(=O)[C@H]3CC34CCC4)cccc2c1Oc1ncccc1-c1ccnc(N[C@H]2CCCN(C(=O)OC(C)(C)C)C2)n1. The van der Waals surface area contributed by atoms with Crippen LogP contribution >= 0.6 is 0 Å². The fraction of sp³-hybridized carbons (Fsp3) is 0.432. The molecule has 10 nitrogen and oxygen atoms in total. The highest BCUT2D eigenvalue weighted by molar-refractivity contribution is 6.06. The van der Waals surface area contributed by atoms with Gasteiger partial charge in [0.05, 0.1) is 11.3 Å². The lowest BCUT2D eigenvalue weighted by Gasteiger charge is -2.34. The van der Waals surface area contributed by atoms with Crippen LogP contribution in [0, 0.1) is 18.3 Å². The number of piperidine rings is 1. The van der Waals surface area contributed by atoms with Gasteiger partial charge < -0.3 is 25.0 Å². The Hall–Kier alpha value is -4.73. The third kappa shape index (κ3) is 6.46. The van der Waals surface area contributed by atoms with Crippen molar-refractivity contribution in [3.8, 4) is 22.9 Å². The largest absolute Gasteiger partial charge is 0.444 e. The van der Waals surface area contributed by atoms with Crippen LogP contribution in [-0.2, 0) is 9.53 Å². The van der Waals surface area contributed by atoms with Crippen LogP contribution in [0.4, 0.5) is 16.4 Å². The number of hydrogen-bond acceptors (Lipinski definition) is 8. The maximum absolute atomic E-state index is 13.1. The van der Waals surface area contributed by atoms with Crippen LogP contribution in [0.5, 0.6) is 11.6 Å². The number of nitrogens with zero attached hydrogens (tertiary/aromatic N) is 4. The topological polar surface area (TPSA) is 119 Å². The second kappa shape index (κ2) is 12.1. The molecule has 10 heteroatoms. The maximum Gasteiger partial charge on any atom is 0.410 e. The average Bonchev–Trinajstić information content (AvgIpc) is 3.80. The molecule has 244 valence electrons. The second-order valence-corrected chi connectivity index (χ2v) is 14.2. The summed E-state index contributed by atoms with van der Waals surface area (Å²) < 4.78 is 12.2. The van der Waals surface area contributed by atoms with Crippen LogP contribution in [0.15, 0.2) is 60.9 Å². The van der Waals surface area contributed by atoms with E-state index >= 15 is 0 Å². The zero-order valence-corrected chi connectivity index (χ0v) is 27.5. The number of hydrogen-bond donors (Lipinski definition) is 2. The summed E-state index contributed by atoms with van der Waals surface area (Å²) in [4.78, 5) is 41.4. The molecule has 2 N–H and O–H groups in total. The molecular weight excluding hydrogens is 592 g/mol. The van der Waals surface area contributed by atoms with E-state index in [0.29, 0.717) is 36.4 Å². The van der Waals surface area contributed by atoms with Gasteiger partial charge in [0, 0.05) is 53.9 Å². The van der Waals surface area contributed by atoms with Crippen molar-refractivity contribution in [2.45, 2.75) is 77.9 Å². The van der Waals surface area contributed by atoms with Crippen molar-refractivity contribution in [2.75, 3.05) is 23.7 Å². The fourth-order valence-corrected chi connectivity index (χ4v) is 6.92. The fourth-order valence-electron chi connectivity index (χ4n) is 6.92. The zero-order valence-electron chi connectivity index (χ0n) is 27.5. The number of fused-ring (bicyclic) bond motifs is 1. The molecule has 47 heavy (non-hydrogen) atoms. The average molecular weight is 635 g/mol. The van der Waals surface area contributed by atoms with Crippen molar-refractivity contribution in [2.24, 2.45) is 11.3 Å². The standard InChI is InChI=1S/C37H42N6O4/c1-23-13-14-25-26(10-5-12-29(25)41-32(44)28-21-37(28)16-8-17-37)31(23)46-33-27(11-6-18-38-33)30-15-19-39-34(42-30)40-24-9-7-20-43(22-24)35(45)47-36(2,3)4/h5-6,10-15,18-19,24,28H,7-9,16-17,20-22H2,1-4H3,(H,41,44)(H,39,40,42)/t24-,28+/m0/s1. The molecule has 1 aliphatic heterocycles. The number of carbonyl (C=O) groups excluding carboxylic acids is 2. The lowest BCUT2D eigenvalue weighted by Crippen LogP contribution is -2.47. The van der Waals surface area contributed by atoms with Gasteiger partial charge in [-0.15, -0.1) is 0 Å². The number of benzene rings is 2. The van der Waals surface area contributed by atoms with E-state index in [0.717, 1.165) is 46.8 Å². The monoisotopic (exact) mass is 634 g/mol. The summed E-state index contributed by atoms with van der Waals surface area (Å²) in [7, 11) is 0. The highest BCUT2D eigenvalue weighted by Gasteiger charge is 2.60. The van der Waals surface area contributed by atoms with E-state index in [1.54, 1.807) is 17.3 Å². The van der Waals surface area contributed by atoms with Crippen LogP contribution in [0.3, 0.4) is 0 Å². The molecule has 7 rings (SSSR count). The van der Waals surface area contributed by atoms with Gasteiger partial charge in [-0.3, -0.25) is 4.79 Å². The van der Waals surface area contributed by atoms with Gasteiger partial charge >= 0.3 is 6.09 Å². The zero-order chi connectivity index (χ0) is 32.8. The predicted molar refractivity (Wildman–Crippen MR) is 181 cm³/mol. The number of nitrogens with one attached hydrogen (secondary N) is 2. The minimum Gasteiger partial charge on any atom is -0.444 e. The number of pyridine rings is 1. The van der Waals surface area contributed by atoms with Gasteiger partial charge in [-0.2, -0.15) is 0 Å². The summed E-state index contributed by atoms with van der Waals surface area (Å²) >= 11 is 0. The smallest absolute Gasteiger partial charge is 0.410 e. The van der Waals surface area contributed by atoms with Crippen molar-refractivity contribution in [3.63, 3.8) is 0 Å². The first-order valence-electron chi connectivity index (χ1n) is 16.6. The molecule has 2 aromatic heterocycles. The molecule has 2 amide bonds. The van der Waals surface area contributed by atoms with E-state index < -0.39 is 5.60 Å². The molecule has 1 spiro atoms. The highest BCUT2D eigenvalue weighted by atomic mass is 16.6. The quantitative estimate of drug-likeness (QED) is 0.212. The molecule has 2 saturated carbocycles. The Balaban J connectivity index is 1.10. The number of anilines is 2. The molecule has 2 aromatic carbocycles. The number of likely N-dealkylation sites (tertiary alicyclic amines) is 1. The Morgan fingerprint density at radius 1 is 0.979 bits per heavy atom. The van der Waals surface area contributed by atoms with Gasteiger partial charge in [0.1, 0.15) is 11.4 Å². The Bertz CT molecular complexity index is 1830. The summed E-state index contributed by atoms with van der Waals surface area (Å²) in [6.07, 6.45) is 9.42. The van der Waals surface area contributed by atoms with Gasteiger partial charge in [-0.05, 0) is 95.0 Å². The van der Waals surface area contributed by atoms with E-state index in [-0.39, 0.29) is 29.4 Å². The first-order valence-corrected chi connectivity index (χ1v) is 16.6. The van der Waals surface area contributed by atoms with Crippen LogP contribution in [0.25, 0.3) is 22.0 Å². The van der Waals surface area contributed by atoms with Crippen molar-refractivity contribution >= 4 is 34.4 Å². The van der Waals surface area contributed by atoms with E-state index in [1.165, 1.54) is 19.3 Å². The first-order chi connectivity index (χ1) is 22.6. The van der Waals surface area contributed by atoms with Crippen LogP contribution in [0.2, 0.25) is 0 Å². The van der Waals surface area contributed by atoms with Gasteiger partial charge in [0.2, 0.25) is 17.7 Å². The molecular formula is C37H42N6O4. The second-order valence-electron chi connectivity index (χ2n) is 14.2. The lowest BCUT2D eigenvalue weighted by atomic mass is 9.79. The molecule has 3 fully saturated rings. The molecule has 4 aromatic rings. The maximum atomic E-state index is 13.1. The molecule has 2 aliphatic carbocycles. The third-order valence-corrected chi connectivity index (χ3v) is 9.63. The molecule has 3 aliphatic rings. The Labute approximate surface area is 275 Å². The summed E-state index contributed by atoms with van der Waals surface area (Å²) in [5.74, 6) is 1.80. The Morgan fingerprint density at radius 2 is 1.83 bits per heavy atom. The normalized spacial score (nSPS) is 20.0. The summed E-state index contributed by atoms with van der Waals surface area (Å²) in [6.45, 7) is 8.79. The summed E-state index contributed by atoms with van der Waals surface area (Å²) in [5, 5.41) is 8.45. The van der Waals surface area contributed by atoms with Gasteiger partial charge in [-0.25, -0.2) is 19.7 Å². The van der Waals surface area contributed by atoms with Crippen molar-refractivity contribution in [1.82, 2.24) is 19.9 Å². The summed E-state index contributed by atoms with van der Waals surface area (Å²) in [5.41, 5.74) is 2.84. The number of ether oxygens (including phenoxy) is 2. The lowest BCUT2D eigenvalue weighted by molar-refractivity contribution is -0.118. The first kappa shape index (κ1) is 30.9. The number of aromatic nitrogens is 3. The van der Waals surface area contributed by atoms with Crippen molar-refractivity contribution in [1.29, 1.82) is 0 Å². The van der Waals surface area contributed by atoms with E-state index in [2.05, 4.69) is 20.6 Å². The minimum absolute atomic E-state index is 0.0108. The van der Waals surface area contributed by atoms with Gasteiger partial charge in [0.25, 0.3) is 0 Å².